The Hall–Kier alpha value is -3.99. The van der Waals surface area contributed by atoms with Gasteiger partial charge in [-0.3, -0.25) is 14.4 Å². The van der Waals surface area contributed by atoms with Gasteiger partial charge in [-0.1, -0.05) is 54.6 Å². The smallest absolute Gasteiger partial charge is 0.262 e. The van der Waals surface area contributed by atoms with Crippen molar-refractivity contribution in [3.8, 4) is 5.75 Å². The molecule has 0 saturated heterocycles. The Morgan fingerprint density at radius 1 is 0.871 bits per heavy atom. The molecule has 1 N–H and O–H groups in total. The van der Waals surface area contributed by atoms with Crippen LogP contribution in [0, 0.1) is 13.8 Å². The van der Waals surface area contributed by atoms with Crippen LogP contribution in [-0.4, -0.2) is 24.1 Å². The largest absolute Gasteiger partial charge is 0.483 e. The fourth-order valence-corrected chi connectivity index (χ4v) is 3.51. The molecule has 1 aliphatic rings. The van der Waals surface area contributed by atoms with Crippen molar-refractivity contribution in [2.45, 2.75) is 13.8 Å². The third kappa shape index (κ3) is 4.03. The van der Waals surface area contributed by atoms with Gasteiger partial charge in [-0.2, -0.15) is 0 Å². The fourth-order valence-electron chi connectivity index (χ4n) is 3.51. The van der Waals surface area contributed by atoms with Gasteiger partial charge in [0.2, 0.25) is 0 Å². The summed E-state index contributed by atoms with van der Waals surface area (Å²) in [5.41, 5.74) is 4.30. The zero-order valence-electron chi connectivity index (χ0n) is 17.3. The molecule has 0 saturated carbocycles. The first kappa shape index (κ1) is 20.3. The van der Waals surface area contributed by atoms with Crippen LogP contribution in [0.15, 0.2) is 72.3 Å². The zero-order valence-corrected chi connectivity index (χ0v) is 17.3. The number of ketones is 2. The van der Waals surface area contributed by atoms with Crippen molar-refractivity contribution in [2.24, 2.45) is 0 Å². The first-order valence-corrected chi connectivity index (χ1v) is 9.93. The lowest BCUT2D eigenvalue weighted by atomic mass is 10.1. The molecule has 5 nitrogen and oxygen atoms in total. The molecule has 4 rings (SSSR count). The second-order valence-corrected chi connectivity index (χ2v) is 7.38. The highest BCUT2D eigenvalue weighted by Crippen LogP contribution is 2.30. The van der Waals surface area contributed by atoms with Gasteiger partial charge in [0.05, 0.1) is 5.57 Å². The molecule has 0 atom stereocenters. The van der Waals surface area contributed by atoms with E-state index >= 15 is 0 Å². The number of carbonyl (C=O) groups is 3. The number of rotatable bonds is 5. The number of anilines is 1. The summed E-state index contributed by atoms with van der Waals surface area (Å²) < 4.78 is 5.72. The van der Waals surface area contributed by atoms with E-state index in [1.807, 2.05) is 32.0 Å². The highest BCUT2D eigenvalue weighted by Gasteiger charge is 2.32. The summed E-state index contributed by atoms with van der Waals surface area (Å²) >= 11 is 0. The molecule has 0 heterocycles. The van der Waals surface area contributed by atoms with Crippen molar-refractivity contribution in [1.29, 1.82) is 0 Å². The molecular weight excluding hydrogens is 390 g/mol. The minimum absolute atomic E-state index is 0.0945. The number of ether oxygens (including phenoxy) is 1. The Labute approximate surface area is 180 Å². The number of hydrogen-bond donors (Lipinski definition) is 1. The van der Waals surface area contributed by atoms with Crippen LogP contribution in [0.3, 0.4) is 0 Å². The topological polar surface area (TPSA) is 72.5 Å². The van der Waals surface area contributed by atoms with E-state index in [4.69, 9.17) is 4.74 Å². The number of allylic oxidation sites excluding steroid dienone is 1. The molecule has 0 aliphatic heterocycles. The molecule has 0 bridgehead atoms. The second kappa shape index (κ2) is 8.40. The molecule has 3 aromatic carbocycles. The summed E-state index contributed by atoms with van der Waals surface area (Å²) in [5.74, 6) is -0.481. The zero-order chi connectivity index (χ0) is 22.0. The number of para-hydroxylation sites is 1. The highest BCUT2D eigenvalue weighted by atomic mass is 16.5. The summed E-state index contributed by atoms with van der Waals surface area (Å²) in [6, 6.07) is 19.5. The molecular formula is C26H21NO4. The first-order chi connectivity index (χ1) is 15.0. The molecule has 5 heteroatoms. The van der Waals surface area contributed by atoms with Crippen LogP contribution in [0.2, 0.25) is 0 Å². The highest BCUT2D eigenvalue weighted by molar-refractivity contribution is 6.41. The molecule has 0 radical (unpaired) electrons. The lowest BCUT2D eigenvalue weighted by Crippen LogP contribution is -2.21. The third-order valence-electron chi connectivity index (χ3n) is 5.36. The van der Waals surface area contributed by atoms with E-state index in [9.17, 15) is 14.4 Å². The molecule has 154 valence electrons. The van der Waals surface area contributed by atoms with E-state index < -0.39 is 0 Å². The van der Waals surface area contributed by atoms with Crippen LogP contribution in [0.25, 0.3) is 6.08 Å². The normalized spacial score (nSPS) is 12.5. The van der Waals surface area contributed by atoms with E-state index in [0.29, 0.717) is 22.4 Å². The van der Waals surface area contributed by atoms with Crippen molar-refractivity contribution in [3.05, 3.63) is 100 Å². The molecule has 3 aromatic rings. The van der Waals surface area contributed by atoms with Gasteiger partial charge in [0.15, 0.2) is 18.2 Å². The molecule has 0 aromatic heterocycles. The van der Waals surface area contributed by atoms with Crippen LogP contribution >= 0.6 is 0 Å². The fraction of sp³-hybridized carbons (Fsp3) is 0.115. The number of carbonyl (C=O) groups excluding carboxylic acids is 3. The molecule has 31 heavy (non-hydrogen) atoms. The van der Waals surface area contributed by atoms with Crippen molar-refractivity contribution in [3.63, 3.8) is 0 Å². The Balaban J connectivity index is 1.52. The second-order valence-electron chi connectivity index (χ2n) is 7.38. The number of hydrogen-bond acceptors (Lipinski definition) is 4. The van der Waals surface area contributed by atoms with Crippen LogP contribution in [0.4, 0.5) is 5.69 Å². The lowest BCUT2D eigenvalue weighted by molar-refractivity contribution is -0.118. The SMILES string of the molecule is Cc1cccc(NC(=O)COc2ccccc2C=C2C(=O)c3ccccc3C2=O)c1C. The van der Waals surface area contributed by atoms with Gasteiger partial charge in [-0.25, -0.2) is 0 Å². The predicted octanol–water partition coefficient (Wildman–Crippen LogP) is 4.78. The van der Waals surface area contributed by atoms with Crippen LogP contribution in [0.5, 0.6) is 5.75 Å². The number of benzene rings is 3. The van der Waals surface area contributed by atoms with Gasteiger partial charge in [-0.15, -0.1) is 0 Å². The number of fused-ring (bicyclic) bond motifs is 1. The van der Waals surface area contributed by atoms with Gasteiger partial charge in [0, 0.05) is 22.4 Å². The van der Waals surface area contributed by atoms with E-state index in [1.165, 1.54) is 6.08 Å². The minimum Gasteiger partial charge on any atom is -0.483 e. The van der Waals surface area contributed by atoms with Crippen LogP contribution in [0.1, 0.15) is 37.4 Å². The summed E-state index contributed by atoms with van der Waals surface area (Å²) in [6.45, 7) is 3.73. The molecule has 0 fully saturated rings. The Morgan fingerprint density at radius 2 is 1.52 bits per heavy atom. The van der Waals surface area contributed by atoms with E-state index in [0.717, 1.165) is 16.8 Å². The Kier molecular flexibility index (Phi) is 5.50. The van der Waals surface area contributed by atoms with E-state index in [-0.39, 0.29) is 29.7 Å². The standard InChI is InChI=1S/C26H21NO4/c1-16-8-7-12-22(17(16)2)27-24(28)15-31-23-13-6-3-9-18(23)14-21-25(29)19-10-4-5-11-20(19)26(21)30/h3-14H,15H2,1-2H3,(H,27,28). The number of nitrogens with one attached hydrogen (secondary N) is 1. The quantitative estimate of drug-likeness (QED) is 0.484. The van der Waals surface area contributed by atoms with Gasteiger partial charge < -0.3 is 10.1 Å². The van der Waals surface area contributed by atoms with Gasteiger partial charge in [0.25, 0.3) is 5.91 Å². The lowest BCUT2D eigenvalue weighted by Gasteiger charge is -2.12. The Bertz CT molecular complexity index is 1200. The van der Waals surface area contributed by atoms with Gasteiger partial charge >= 0.3 is 0 Å². The van der Waals surface area contributed by atoms with Crippen molar-refractivity contribution in [2.75, 3.05) is 11.9 Å². The van der Waals surface area contributed by atoms with Crippen LogP contribution < -0.4 is 10.1 Å². The van der Waals surface area contributed by atoms with Crippen molar-refractivity contribution >= 4 is 29.2 Å². The van der Waals surface area contributed by atoms with E-state index in [2.05, 4.69) is 5.32 Å². The van der Waals surface area contributed by atoms with Crippen molar-refractivity contribution < 1.29 is 19.1 Å². The average Bonchev–Trinajstić information content (AvgIpc) is 3.01. The van der Waals surface area contributed by atoms with Gasteiger partial charge in [-0.05, 0) is 43.2 Å². The summed E-state index contributed by atoms with van der Waals surface area (Å²) in [7, 11) is 0. The summed E-state index contributed by atoms with van der Waals surface area (Å²) in [4.78, 5) is 37.7. The molecule has 1 amide bonds. The maximum Gasteiger partial charge on any atom is 0.262 e. The predicted molar refractivity (Wildman–Crippen MR) is 120 cm³/mol. The minimum atomic E-state index is -0.303. The van der Waals surface area contributed by atoms with Crippen LogP contribution in [-0.2, 0) is 4.79 Å². The summed E-state index contributed by atoms with van der Waals surface area (Å²) in [6.07, 6.45) is 1.53. The Morgan fingerprint density at radius 3 is 2.23 bits per heavy atom. The maximum absolute atomic E-state index is 12.7. The monoisotopic (exact) mass is 411 g/mol. The number of amides is 1. The van der Waals surface area contributed by atoms with Crippen molar-refractivity contribution in [1.82, 2.24) is 0 Å². The third-order valence-corrected chi connectivity index (χ3v) is 5.36. The maximum atomic E-state index is 12.7. The summed E-state index contributed by atoms with van der Waals surface area (Å²) in [5, 5.41) is 2.85. The number of aryl methyl sites for hydroxylation is 1. The van der Waals surface area contributed by atoms with Gasteiger partial charge in [0.1, 0.15) is 5.75 Å². The van der Waals surface area contributed by atoms with E-state index in [1.54, 1.807) is 48.5 Å². The molecule has 0 spiro atoms. The average molecular weight is 411 g/mol. The molecule has 1 aliphatic carbocycles. The molecule has 0 unspecified atom stereocenters. The first-order valence-electron chi connectivity index (χ1n) is 9.93. The number of Topliss-reactive ketones (excluding diaryl/α,β-unsaturated/α-hetero) is 2.